The molecule has 1 N–H and O–H groups in total. The van der Waals surface area contributed by atoms with Crippen molar-refractivity contribution < 1.29 is 28.2 Å². The molecular formula is C18H17ClFNO5. The van der Waals surface area contributed by atoms with Crippen LogP contribution in [0.2, 0.25) is 5.02 Å². The SMILES string of the molecule is COc1ccc(C(=O)OCC(=O)NCc2ccc(F)c(Cl)c2)cc1OC. The first-order valence-electron chi connectivity index (χ1n) is 7.54. The third kappa shape index (κ3) is 5.10. The van der Waals surface area contributed by atoms with Crippen LogP contribution in [0.3, 0.4) is 0 Å². The van der Waals surface area contributed by atoms with Gasteiger partial charge in [-0.1, -0.05) is 17.7 Å². The highest BCUT2D eigenvalue weighted by Gasteiger charge is 2.13. The molecule has 26 heavy (non-hydrogen) atoms. The minimum absolute atomic E-state index is 0.0309. The lowest BCUT2D eigenvalue weighted by molar-refractivity contribution is -0.124. The van der Waals surface area contributed by atoms with Crippen molar-refractivity contribution in [3.8, 4) is 11.5 Å². The van der Waals surface area contributed by atoms with Gasteiger partial charge in [0.2, 0.25) is 0 Å². The number of carbonyl (C=O) groups is 2. The standard InChI is InChI=1S/C18H17ClFNO5/c1-24-15-6-4-12(8-16(15)25-2)18(23)26-10-17(22)21-9-11-3-5-14(20)13(19)7-11/h3-8H,9-10H2,1-2H3,(H,21,22). The smallest absolute Gasteiger partial charge is 0.338 e. The second-order valence-electron chi connectivity index (χ2n) is 5.17. The van der Waals surface area contributed by atoms with E-state index in [1.54, 1.807) is 6.07 Å². The lowest BCUT2D eigenvalue weighted by Gasteiger charge is -2.10. The lowest BCUT2D eigenvalue weighted by atomic mass is 10.2. The average molecular weight is 382 g/mol. The summed E-state index contributed by atoms with van der Waals surface area (Å²) in [5.74, 6) is -0.866. The lowest BCUT2D eigenvalue weighted by Crippen LogP contribution is -2.28. The van der Waals surface area contributed by atoms with Gasteiger partial charge in [0.1, 0.15) is 5.82 Å². The molecule has 0 bridgehead atoms. The van der Waals surface area contributed by atoms with Crippen LogP contribution in [-0.2, 0) is 16.1 Å². The fourth-order valence-electron chi connectivity index (χ4n) is 2.08. The maximum Gasteiger partial charge on any atom is 0.338 e. The van der Waals surface area contributed by atoms with Crippen LogP contribution in [0.25, 0.3) is 0 Å². The van der Waals surface area contributed by atoms with E-state index in [9.17, 15) is 14.0 Å². The Hall–Kier alpha value is -2.80. The van der Waals surface area contributed by atoms with Crippen molar-refractivity contribution in [3.63, 3.8) is 0 Å². The van der Waals surface area contributed by atoms with Gasteiger partial charge >= 0.3 is 5.97 Å². The molecular weight excluding hydrogens is 365 g/mol. The van der Waals surface area contributed by atoms with Crippen molar-refractivity contribution in [1.29, 1.82) is 0 Å². The Morgan fingerprint density at radius 3 is 2.46 bits per heavy atom. The molecule has 0 aliphatic heterocycles. The number of hydrogen-bond donors (Lipinski definition) is 1. The molecule has 0 heterocycles. The van der Waals surface area contributed by atoms with Crippen LogP contribution < -0.4 is 14.8 Å². The van der Waals surface area contributed by atoms with Crippen LogP contribution in [0.15, 0.2) is 36.4 Å². The van der Waals surface area contributed by atoms with Gasteiger partial charge in [0.15, 0.2) is 18.1 Å². The highest BCUT2D eigenvalue weighted by Crippen LogP contribution is 2.27. The summed E-state index contributed by atoms with van der Waals surface area (Å²) in [6.07, 6.45) is 0. The fraction of sp³-hybridized carbons (Fsp3) is 0.222. The summed E-state index contributed by atoms with van der Waals surface area (Å²) >= 11 is 5.67. The van der Waals surface area contributed by atoms with Crippen molar-refractivity contribution in [2.75, 3.05) is 20.8 Å². The first-order valence-corrected chi connectivity index (χ1v) is 7.92. The van der Waals surface area contributed by atoms with Crippen molar-refractivity contribution in [2.24, 2.45) is 0 Å². The number of esters is 1. The fourth-order valence-corrected chi connectivity index (χ4v) is 2.28. The van der Waals surface area contributed by atoms with E-state index in [-0.39, 0.29) is 17.1 Å². The summed E-state index contributed by atoms with van der Waals surface area (Å²) in [6.45, 7) is -0.325. The molecule has 1 amide bonds. The van der Waals surface area contributed by atoms with E-state index in [1.807, 2.05) is 0 Å². The van der Waals surface area contributed by atoms with E-state index in [1.165, 1.54) is 44.6 Å². The molecule has 0 spiro atoms. The first kappa shape index (κ1) is 19.5. The van der Waals surface area contributed by atoms with Crippen molar-refractivity contribution >= 4 is 23.5 Å². The van der Waals surface area contributed by atoms with Crippen molar-refractivity contribution in [1.82, 2.24) is 5.32 Å². The molecule has 0 saturated carbocycles. The number of amides is 1. The Kier molecular flexibility index (Phi) is 6.80. The molecule has 138 valence electrons. The van der Waals surface area contributed by atoms with E-state index in [0.717, 1.165) is 0 Å². The van der Waals surface area contributed by atoms with Crippen LogP contribution >= 0.6 is 11.6 Å². The molecule has 8 heteroatoms. The van der Waals surface area contributed by atoms with E-state index in [0.29, 0.717) is 17.1 Å². The molecule has 2 aromatic carbocycles. The van der Waals surface area contributed by atoms with Gasteiger partial charge in [0.25, 0.3) is 5.91 Å². The van der Waals surface area contributed by atoms with Crippen LogP contribution in [-0.4, -0.2) is 32.7 Å². The summed E-state index contributed by atoms with van der Waals surface area (Å²) in [5, 5.41) is 2.52. The molecule has 0 aliphatic carbocycles. The van der Waals surface area contributed by atoms with Gasteiger partial charge in [-0.05, 0) is 35.9 Å². The third-order valence-corrected chi connectivity index (χ3v) is 3.72. The van der Waals surface area contributed by atoms with Crippen LogP contribution in [0.5, 0.6) is 11.5 Å². The van der Waals surface area contributed by atoms with Gasteiger partial charge in [0, 0.05) is 6.54 Å². The average Bonchev–Trinajstić information content (AvgIpc) is 2.66. The highest BCUT2D eigenvalue weighted by atomic mass is 35.5. The van der Waals surface area contributed by atoms with Crippen molar-refractivity contribution in [3.05, 3.63) is 58.4 Å². The normalized spacial score (nSPS) is 10.2. The zero-order chi connectivity index (χ0) is 19.1. The molecule has 0 aromatic heterocycles. The van der Waals surface area contributed by atoms with Crippen molar-refractivity contribution in [2.45, 2.75) is 6.54 Å². The Labute approximate surface area is 154 Å². The summed E-state index contributed by atoms with van der Waals surface area (Å²) in [5.41, 5.74) is 0.844. The number of methoxy groups -OCH3 is 2. The maximum absolute atomic E-state index is 13.1. The maximum atomic E-state index is 13.1. The Morgan fingerprint density at radius 2 is 1.81 bits per heavy atom. The summed E-state index contributed by atoms with van der Waals surface area (Å²) in [4.78, 5) is 23.8. The topological polar surface area (TPSA) is 73.9 Å². The van der Waals surface area contributed by atoms with E-state index in [2.05, 4.69) is 5.32 Å². The minimum atomic E-state index is -0.675. The van der Waals surface area contributed by atoms with E-state index in [4.69, 9.17) is 25.8 Å². The van der Waals surface area contributed by atoms with Crippen LogP contribution in [0.1, 0.15) is 15.9 Å². The Bertz CT molecular complexity index is 812. The molecule has 0 atom stereocenters. The quantitative estimate of drug-likeness (QED) is 0.746. The van der Waals surface area contributed by atoms with E-state index < -0.39 is 24.3 Å². The molecule has 0 fully saturated rings. The Balaban J connectivity index is 1.86. The largest absolute Gasteiger partial charge is 0.493 e. The van der Waals surface area contributed by atoms with Crippen LogP contribution in [0, 0.1) is 5.82 Å². The van der Waals surface area contributed by atoms with E-state index >= 15 is 0 Å². The number of carbonyl (C=O) groups excluding carboxylic acids is 2. The molecule has 0 aliphatic rings. The molecule has 0 saturated heterocycles. The van der Waals surface area contributed by atoms with Gasteiger partial charge in [0.05, 0.1) is 24.8 Å². The monoisotopic (exact) mass is 381 g/mol. The number of nitrogens with one attached hydrogen (secondary N) is 1. The highest BCUT2D eigenvalue weighted by molar-refractivity contribution is 6.30. The molecule has 2 aromatic rings. The zero-order valence-electron chi connectivity index (χ0n) is 14.2. The van der Waals surface area contributed by atoms with Gasteiger partial charge in [-0.15, -0.1) is 0 Å². The van der Waals surface area contributed by atoms with Crippen LogP contribution in [0.4, 0.5) is 4.39 Å². The number of ether oxygens (including phenoxy) is 3. The minimum Gasteiger partial charge on any atom is -0.493 e. The van der Waals surface area contributed by atoms with Gasteiger partial charge in [-0.2, -0.15) is 0 Å². The number of halogens is 2. The predicted octanol–water partition coefficient (Wildman–Crippen LogP) is 2.97. The summed E-state index contributed by atoms with van der Waals surface area (Å²) in [7, 11) is 2.93. The molecule has 0 radical (unpaired) electrons. The molecule has 0 unspecified atom stereocenters. The van der Waals surface area contributed by atoms with Gasteiger partial charge in [-0.25, -0.2) is 9.18 Å². The summed E-state index contributed by atoms with van der Waals surface area (Å²) < 4.78 is 28.2. The van der Waals surface area contributed by atoms with Gasteiger partial charge < -0.3 is 19.5 Å². The summed E-state index contributed by atoms with van der Waals surface area (Å²) in [6, 6.07) is 8.64. The van der Waals surface area contributed by atoms with Gasteiger partial charge in [-0.3, -0.25) is 4.79 Å². The predicted molar refractivity (Wildman–Crippen MR) is 93.1 cm³/mol. The number of rotatable bonds is 7. The third-order valence-electron chi connectivity index (χ3n) is 3.43. The molecule has 2 rings (SSSR count). The zero-order valence-corrected chi connectivity index (χ0v) is 14.9. The second kappa shape index (κ2) is 9.05. The molecule has 6 nitrogen and oxygen atoms in total. The number of benzene rings is 2. The number of hydrogen-bond acceptors (Lipinski definition) is 5. The first-order chi connectivity index (χ1) is 12.4. The second-order valence-corrected chi connectivity index (χ2v) is 5.58. The Morgan fingerprint density at radius 1 is 1.08 bits per heavy atom.